The number of carboxylic acids is 1. The molecule has 2 saturated heterocycles. The number of likely N-dealkylation sites (N-methyl/N-ethyl adjacent to an activating group) is 1. The molecule has 4 rings (SSSR count). The van der Waals surface area contributed by atoms with Gasteiger partial charge < -0.3 is 29.3 Å². The van der Waals surface area contributed by atoms with Gasteiger partial charge in [-0.05, 0) is 44.0 Å². The van der Waals surface area contributed by atoms with Crippen molar-refractivity contribution in [2.75, 3.05) is 39.3 Å². The SMILES string of the molecule is C=C/C=C\C=C(/C)CN(C)C(=O)N1[C@H]2CC[C@@H]1[C@@H](C(=O)O)N(C(=O)N(c1ccccc1OC)c1ccccc1OC)C2. The minimum atomic E-state index is -1.24. The van der Waals surface area contributed by atoms with Crippen molar-refractivity contribution in [3.05, 3.63) is 85.0 Å². The Morgan fingerprint density at radius 3 is 2.12 bits per heavy atom. The fourth-order valence-electron chi connectivity index (χ4n) is 5.83. The van der Waals surface area contributed by atoms with Crippen LogP contribution in [0.5, 0.6) is 11.5 Å². The molecular formula is C32H38N4O6. The molecule has 2 bridgehead atoms. The molecule has 2 fully saturated rings. The molecule has 1 N–H and O–H groups in total. The Bertz CT molecular complexity index is 1340. The first-order chi connectivity index (χ1) is 20.2. The van der Waals surface area contributed by atoms with Gasteiger partial charge in [0.1, 0.15) is 11.5 Å². The van der Waals surface area contributed by atoms with E-state index in [1.807, 2.05) is 19.1 Å². The number of hydrogen-bond donors (Lipinski definition) is 1. The second kappa shape index (κ2) is 13.3. The summed E-state index contributed by atoms with van der Waals surface area (Å²) in [6, 6.07) is 11.0. The quantitative estimate of drug-likeness (QED) is 0.408. The number of carbonyl (C=O) groups is 3. The van der Waals surface area contributed by atoms with Crippen LogP contribution in [0.4, 0.5) is 21.0 Å². The number of benzene rings is 2. The molecule has 10 heteroatoms. The third kappa shape index (κ3) is 5.97. The fourth-order valence-corrected chi connectivity index (χ4v) is 5.83. The maximum atomic E-state index is 14.5. The first kappa shape index (κ1) is 30.2. The number of methoxy groups -OCH3 is 2. The van der Waals surface area contributed by atoms with E-state index in [4.69, 9.17) is 9.47 Å². The van der Waals surface area contributed by atoms with E-state index in [1.165, 1.54) is 24.0 Å². The van der Waals surface area contributed by atoms with Gasteiger partial charge in [0.2, 0.25) is 0 Å². The fraction of sp³-hybridized carbons (Fsp3) is 0.344. The standard InChI is InChI=1S/C32H38N4O6/c1-6-7-8-13-22(2)20-33(3)31(39)35-23-18-19-26(35)29(30(37)38)34(21-23)32(40)36(24-14-9-11-16-27(24)41-4)25-15-10-12-17-28(25)42-5/h6-17,23,26,29H,1,18-21H2,2-5H3,(H,37,38)/b8-7-,22-13+/t23-,26+,29-/m0/s1. The minimum Gasteiger partial charge on any atom is -0.495 e. The predicted molar refractivity (Wildman–Crippen MR) is 161 cm³/mol. The molecule has 42 heavy (non-hydrogen) atoms. The van der Waals surface area contributed by atoms with Gasteiger partial charge in [0, 0.05) is 20.1 Å². The van der Waals surface area contributed by atoms with Gasteiger partial charge in [-0.3, -0.25) is 4.90 Å². The van der Waals surface area contributed by atoms with Crippen LogP contribution in [-0.4, -0.2) is 90.3 Å². The van der Waals surface area contributed by atoms with Crippen molar-refractivity contribution < 1.29 is 29.0 Å². The number of aliphatic carboxylic acids is 1. The summed E-state index contributed by atoms with van der Waals surface area (Å²) >= 11 is 0. The molecule has 2 heterocycles. The molecule has 0 radical (unpaired) electrons. The highest BCUT2D eigenvalue weighted by atomic mass is 16.5. The lowest BCUT2D eigenvalue weighted by atomic mass is 10.0. The van der Waals surface area contributed by atoms with Crippen molar-refractivity contribution in [2.24, 2.45) is 0 Å². The van der Waals surface area contributed by atoms with Crippen LogP contribution in [0.25, 0.3) is 0 Å². The summed E-state index contributed by atoms with van der Waals surface area (Å²) in [6.07, 6.45) is 8.30. The van der Waals surface area contributed by atoms with E-state index in [-0.39, 0.29) is 18.6 Å². The van der Waals surface area contributed by atoms with Crippen molar-refractivity contribution in [3.8, 4) is 11.5 Å². The van der Waals surface area contributed by atoms with Crippen molar-refractivity contribution in [1.82, 2.24) is 14.7 Å². The van der Waals surface area contributed by atoms with Crippen LogP contribution in [0.3, 0.4) is 0 Å². The van der Waals surface area contributed by atoms with Crippen molar-refractivity contribution in [2.45, 2.75) is 37.9 Å². The number of anilines is 2. The lowest BCUT2D eigenvalue weighted by Gasteiger charge is -2.47. The van der Waals surface area contributed by atoms with Crippen LogP contribution in [0.2, 0.25) is 0 Å². The van der Waals surface area contributed by atoms with E-state index in [0.717, 1.165) is 5.57 Å². The molecular weight excluding hydrogens is 536 g/mol. The molecule has 0 saturated carbocycles. The minimum absolute atomic E-state index is 0.0730. The van der Waals surface area contributed by atoms with Crippen LogP contribution in [0, 0.1) is 0 Å². The largest absolute Gasteiger partial charge is 0.495 e. The molecule has 2 aliphatic rings. The van der Waals surface area contributed by atoms with Crippen molar-refractivity contribution in [3.63, 3.8) is 0 Å². The zero-order valence-electron chi connectivity index (χ0n) is 24.5. The number of carboxylic acid groups (broad SMARTS) is 1. The summed E-state index contributed by atoms with van der Waals surface area (Å²) in [4.78, 5) is 47.0. The number of piperazine rings is 1. The average molecular weight is 575 g/mol. The molecule has 0 unspecified atom stereocenters. The number of nitrogens with zero attached hydrogens (tertiary/aromatic N) is 4. The number of amides is 4. The second-order valence-corrected chi connectivity index (χ2v) is 10.4. The summed E-state index contributed by atoms with van der Waals surface area (Å²) in [6.45, 7) is 6.03. The van der Waals surface area contributed by atoms with Crippen molar-refractivity contribution >= 4 is 29.4 Å². The first-order valence-corrected chi connectivity index (χ1v) is 13.8. The number of ether oxygens (including phenoxy) is 2. The monoisotopic (exact) mass is 574 g/mol. The van der Waals surface area contributed by atoms with Gasteiger partial charge in [0.15, 0.2) is 6.04 Å². The first-order valence-electron chi connectivity index (χ1n) is 13.8. The number of rotatable bonds is 9. The number of para-hydroxylation sites is 4. The van der Waals surface area contributed by atoms with Gasteiger partial charge in [0.05, 0.1) is 37.7 Å². The zero-order valence-corrected chi connectivity index (χ0v) is 24.5. The Labute approximate surface area is 246 Å². The zero-order chi connectivity index (χ0) is 30.4. The Kier molecular flexibility index (Phi) is 9.57. The molecule has 0 spiro atoms. The number of allylic oxidation sites excluding steroid dienone is 4. The molecule has 2 aliphatic heterocycles. The predicted octanol–water partition coefficient (Wildman–Crippen LogP) is 5.30. The number of fused-ring (bicyclic) bond motifs is 2. The number of hydrogen-bond acceptors (Lipinski definition) is 5. The Morgan fingerprint density at radius 2 is 1.57 bits per heavy atom. The highest BCUT2D eigenvalue weighted by molar-refractivity contribution is 6.04. The van der Waals surface area contributed by atoms with E-state index in [2.05, 4.69) is 6.58 Å². The maximum absolute atomic E-state index is 14.5. The summed E-state index contributed by atoms with van der Waals surface area (Å²) in [5, 5.41) is 10.5. The third-order valence-electron chi connectivity index (χ3n) is 7.66. The van der Waals surface area contributed by atoms with Crippen LogP contribution in [0.15, 0.2) is 85.0 Å². The number of urea groups is 2. The second-order valence-electron chi connectivity index (χ2n) is 10.4. The topological polar surface area (TPSA) is 103 Å². The van der Waals surface area contributed by atoms with Crippen molar-refractivity contribution in [1.29, 1.82) is 0 Å². The van der Waals surface area contributed by atoms with Gasteiger partial charge in [0.25, 0.3) is 0 Å². The highest BCUT2D eigenvalue weighted by Crippen LogP contribution is 2.42. The summed E-state index contributed by atoms with van der Waals surface area (Å²) in [7, 11) is 4.73. The molecule has 2 aromatic rings. The van der Waals surface area contributed by atoms with Gasteiger partial charge in [-0.15, -0.1) is 0 Å². The lowest BCUT2D eigenvalue weighted by Crippen LogP contribution is -2.67. The summed E-state index contributed by atoms with van der Waals surface area (Å²) < 4.78 is 11.2. The lowest BCUT2D eigenvalue weighted by molar-refractivity contribution is -0.145. The van der Waals surface area contributed by atoms with E-state index in [9.17, 15) is 19.5 Å². The Morgan fingerprint density at radius 1 is 0.976 bits per heavy atom. The van der Waals surface area contributed by atoms with E-state index in [1.54, 1.807) is 77.5 Å². The molecule has 10 nitrogen and oxygen atoms in total. The maximum Gasteiger partial charge on any atom is 0.330 e. The van der Waals surface area contributed by atoms with E-state index < -0.39 is 24.1 Å². The summed E-state index contributed by atoms with van der Waals surface area (Å²) in [5.41, 5.74) is 1.85. The Balaban J connectivity index is 1.69. The normalized spacial score (nSPS) is 19.9. The third-order valence-corrected chi connectivity index (χ3v) is 7.66. The van der Waals surface area contributed by atoms with Crippen LogP contribution in [0.1, 0.15) is 19.8 Å². The van der Waals surface area contributed by atoms with Gasteiger partial charge >= 0.3 is 18.0 Å². The highest BCUT2D eigenvalue weighted by Gasteiger charge is 2.54. The molecule has 0 aromatic heterocycles. The molecule has 0 aliphatic carbocycles. The van der Waals surface area contributed by atoms with Crippen LogP contribution >= 0.6 is 0 Å². The van der Waals surface area contributed by atoms with Gasteiger partial charge in [-0.25, -0.2) is 14.4 Å². The molecule has 3 atom stereocenters. The van der Waals surface area contributed by atoms with Crippen LogP contribution in [-0.2, 0) is 4.79 Å². The molecule has 2 aromatic carbocycles. The average Bonchev–Trinajstić information content (AvgIpc) is 3.29. The van der Waals surface area contributed by atoms with Crippen LogP contribution < -0.4 is 14.4 Å². The van der Waals surface area contributed by atoms with Gasteiger partial charge in [-0.1, -0.05) is 60.7 Å². The smallest absolute Gasteiger partial charge is 0.330 e. The van der Waals surface area contributed by atoms with E-state index >= 15 is 0 Å². The molecule has 4 amide bonds. The summed E-state index contributed by atoms with van der Waals surface area (Å²) in [5.74, 6) is -0.290. The van der Waals surface area contributed by atoms with E-state index in [0.29, 0.717) is 42.3 Å². The van der Waals surface area contributed by atoms with Gasteiger partial charge in [-0.2, -0.15) is 0 Å². The number of likely N-dealkylation sites (tertiary alicyclic amines) is 1. The number of carbonyl (C=O) groups excluding carboxylic acids is 2. The Hall–Kier alpha value is -4.73. The molecule has 222 valence electrons.